The first kappa shape index (κ1) is 17.4. The molecular weight excluding hydrogens is 308 g/mol. The van der Waals surface area contributed by atoms with Gasteiger partial charge in [-0.15, -0.1) is 11.8 Å². The molecule has 0 amide bonds. The molecule has 2 aromatic rings. The van der Waals surface area contributed by atoms with E-state index in [1.165, 1.54) is 4.90 Å². The molecule has 0 aliphatic carbocycles. The summed E-state index contributed by atoms with van der Waals surface area (Å²) in [5, 5.41) is 10.6. The zero-order valence-corrected chi connectivity index (χ0v) is 14.7. The van der Waals surface area contributed by atoms with Crippen LogP contribution in [0, 0.1) is 0 Å². The molecule has 0 saturated heterocycles. The fraction of sp³-hybridized carbons (Fsp3) is 0.412. The Morgan fingerprint density at radius 2 is 2.04 bits per heavy atom. The van der Waals surface area contributed by atoms with Gasteiger partial charge in [-0.05, 0) is 18.1 Å². The monoisotopic (exact) mass is 332 g/mol. The lowest BCUT2D eigenvalue weighted by Gasteiger charge is -2.10. The van der Waals surface area contributed by atoms with Crippen LogP contribution in [0.1, 0.15) is 31.2 Å². The molecular formula is C17H24N4OS. The van der Waals surface area contributed by atoms with Gasteiger partial charge >= 0.3 is 0 Å². The average Bonchev–Trinajstić information content (AvgIpc) is 3.04. The normalized spacial score (nSPS) is 11.7. The van der Waals surface area contributed by atoms with Crippen molar-refractivity contribution in [2.75, 3.05) is 19.3 Å². The molecule has 23 heavy (non-hydrogen) atoms. The van der Waals surface area contributed by atoms with Gasteiger partial charge in [-0.1, -0.05) is 37.2 Å². The molecule has 1 aromatic carbocycles. The Balaban J connectivity index is 1.69. The summed E-state index contributed by atoms with van der Waals surface area (Å²) in [6.07, 6.45) is 0. The summed E-state index contributed by atoms with van der Waals surface area (Å²) < 4.78 is 5.30. The fourth-order valence-corrected chi connectivity index (χ4v) is 2.72. The Hall–Kier alpha value is -1.95. The number of benzene rings is 1. The highest BCUT2D eigenvalue weighted by Gasteiger charge is 2.08. The van der Waals surface area contributed by atoms with Crippen LogP contribution in [0.2, 0.25) is 0 Å². The lowest BCUT2D eigenvalue weighted by atomic mass is 10.1. The molecule has 6 heteroatoms. The van der Waals surface area contributed by atoms with Gasteiger partial charge in [-0.25, -0.2) is 0 Å². The molecule has 5 nitrogen and oxygen atoms in total. The van der Waals surface area contributed by atoms with E-state index in [9.17, 15) is 0 Å². The molecule has 2 N–H and O–H groups in total. The number of guanidine groups is 1. The number of aromatic nitrogens is 1. The largest absolute Gasteiger partial charge is 0.359 e. The van der Waals surface area contributed by atoms with Crippen molar-refractivity contribution in [3.63, 3.8) is 0 Å². The molecule has 0 radical (unpaired) electrons. The second kappa shape index (κ2) is 9.25. The molecule has 1 heterocycles. The predicted molar refractivity (Wildman–Crippen MR) is 96.0 cm³/mol. The van der Waals surface area contributed by atoms with Crippen molar-refractivity contribution in [3.05, 3.63) is 47.9 Å². The number of nitrogens with one attached hydrogen (secondary N) is 2. The number of rotatable bonds is 7. The van der Waals surface area contributed by atoms with Gasteiger partial charge in [-0.3, -0.25) is 4.99 Å². The van der Waals surface area contributed by atoms with Crippen LogP contribution in [0.3, 0.4) is 0 Å². The molecule has 0 spiro atoms. The van der Waals surface area contributed by atoms with E-state index in [-0.39, 0.29) is 0 Å². The minimum atomic E-state index is 0.375. The van der Waals surface area contributed by atoms with Crippen LogP contribution in [0.5, 0.6) is 0 Å². The van der Waals surface area contributed by atoms with Crippen molar-refractivity contribution in [1.82, 2.24) is 15.8 Å². The summed E-state index contributed by atoms with van der Waals surface area (Å²) >= 11 is 1.82. The van der Waals surface area contributed by atoms with Crippen LogP contribution in [-0.4, -0.2) is 30.5 Å². The summed E-state index contributed by atoms with van der Waals surface area (Å²) in [6.45, 7) is 5.61. The van der Waals surface area contributed by atoms with E-state index < -0.39 is 0 Å². The van der Waals surface area contributed by atoms with Gasteiger partial charge < -0.3 is 15.2 Å². The van der Waals surface area contributed by atoms with E-state index in [0.717, 1.165) is 29.7 Å². The topological polar surface area (TPSA) is 62.5 Å². The SMILES string of the molecule is CN=C(NCCSc1ccccc1)NCc1cc(C(C)C)no1. The van der Waals surface area contributed by atoms with E-state index in [0.29, 0.717) is 12.5 Å². The van der Waals surface area contributed by atoms with Crippen molar-refractivity contribution in [3.8, 4) is 0 Å². The first-order chi connectivity index (χ1) is 11.2. The van der Waals surface area contributed by atoms with Gasteiger partial charge in [0.25, 0.3) is 0 Å². The Morgan fingerprint density at radius 1 is 1.26 bits per heavy atom. The van der Waals surface area contributed by atoms with Crippen molar-refractivity contribution in [2.45, 2.75) is 31.2 Å². The molecule has 2 rings (SSSR count). The molecule has 124 valence electrons. The summed E-state index contributed by atoms with van der Waals surface area (Å²) in [7, 11) is 1.76. The lowest BCUT2D eigenvalue weighted by molar-refractivity contribution is 0.372. The summed E-state index contributed by atoms with van der Waals surface area (Å²) in [5.74, 6) is 2.93. The maximum atomic E-state index is 5.30. The maximum Gasteiger partial charge on any atom is 0.191 e. The minimum absolute atomic E-state index is 0.375. The van der Waals surface area contributed by atoms with Gasteiger partial charge in [0.1, 0.15) is 0 Å². The molecule has 0 aliphatic heterocycles. The first-order valence-corrected chi connectivity index (χ1v) is 8.75. The second-order valence-electron chi connectivity index (χ2n) is 5.39. The third kappa shape index (κ3) is 5.98. The van der Waals surface area contributed by atoms with E-state index in [1.54, 1.807) is 7.05 Å². The number of hydrogen-bond acceptors (Lipinski definition) is 4. The Morgan fingerprint density at radius 3 is 2.70 bits per heavy atom. The van der Waals surface area contributed by atoms with Gasteiger partial charge in [0.05, 0.1) is 12.2 Å². The number of aliphatic imine (C=N–C) groups is 1. The van der Waals surface area contributed by atoms with Crippen LogP contribution in [-0.2, 0) is 6.54 Å². The first-order valence-electron chi connectivity index (χ1n) is 7.77. The molecule has 0 bridgehead atoms. The number of hydrogen-bond donors (Lipinski definition) is 2. The smallest absolute Gasteiger partial charge is 0.191 e. The third-order valence-electron chi connectivity index (χ3n) is 3.23. The molecule has 0 unspecified atom stereocenters. The van der Waals surface area contributed by atoms with Crippen LogP contribution in [0.15, 0.2) is 50.8 Å². The predicted octanol–water partition coefficient (Wildman–Crippen LogP) is 3.26. The van der Waals surface area contributed by atoms with Crippen molar-refractivity contribution < 1.29 is 4.52 Å². The van der Waals surface area contributed by atoms with E-state index in [1.807, 2.05) is 23.9 Å². The van der Waals surface area contributed by atoms with E-state index in [2.05, 4.69) is 58.9 Å². The van der Waals surface area contributed by atoms with Gasteiger partial charge in [-0.2, -0.15) is 0 Å². The maximum absolute atomic E-state index is 5.30. The Labute approximate surface area is 141 Å². The van der Waals surface area contributed by atoms with Crippen molar-refractivity contribution >= 4 is 17.7 Å². The standard InChI is InChI=1S/C17H24N4OS/c1-13(2)16-11-14(22-21-16)12-20-17(18-3)19-9-10-23-15-7-5-4-6-8-15/h4-8,11,13H,9-10,12H2,1-3H3,(H2,18,19,20). The second-order valence-corrected chi connectivity index (χ2v) is 6.56. The zero-order valence-electron chi connectivity index (χ0n) is 13.9. The van der Waals surface area contributed by atoms with Crippen molar-refractivity contribution in [2.24, 2.45) is 4.99 Å². The highest BCUT2D eigenvalue weighted by Crippen LogP contribution is 2.16. The quantitative estimate of drug-likeness (QED) is 0.353. The summed E-state index contributed by atoms with van der Waals surface area (Å²) in [6, 6.07) is 12.4. The Kier molecular flexibility index (Phi) is 7.00. The third-order valence-corrected chi connectivity index (χ3v) is 4.24. The highest BCUT2D eigenvalue weighted by atomic mass is 32.2. The van der Waals surface area contributed by atoms with Crippen LogP contribution < -0.4 is 10.6 Å². The summed E-state index contributed by atoms with van der Waals surface area (Å²) in [5.41, 5.74) is 0.976. The molecule has 1 aromatic heterocycles. The zero-order chi connectivity index (χ0) is 16.5. The van der Waals surface area contributed by atoms with Gasteiger partial charge in [0.2, 0.25) is 0 Å². The molecule has 0 fully saturated rings. The van der Waals surface area contributed by atoms with Crippen LogP contribution in [0.4, 0.5) is 0 Å². The van der Waals surface area contributed by atoms with Crippen molar-refractivity contribution in [1.29, 1.82) is 0 Å². The van der Waals surface area contributed by atoms with Gasteiger partial charge in [0.15, 0.2) is 11.7 Å². The summed E-state index contributed by atoms with van der Waals surface area (Å²) in [4.78, 5) is 5.49. The lowest BCUT2D eigenvalue weighted by Crippen LogP contribution is -2.37. The molecule has 0 saturated carbocycles. The fourth-order valence-electron chi connectivity index (χ4n) is 1.93. The van der Waals surface area contributed by atoms with Crippen LogP contribution >= 0.6 is 11.8 Å². The van der Waals surface area contributed by atoms with Crippen LogP contribution in [0.25, 0.3) is 0 Å². The van der Waals surface area contributed by atoms with Gasteiger partial charge in [0, 0.05) is 30.3 Å². The molecule has 0 atom stereocenters. The average molecular weight is 332 g/mol. The highest BCUT2D eigenvalue weighted by molar-refractivity contribution is 7.99. The Bertz CT molecular complexity index is 610. The minimum Gasteiger partial charge on any atom is -0.359 e. The number of thioether (sulfide) groups is 1. The van der Waals surface area contributed by atoms with E-state index >= 15 is 0 Å². The number of nitrogens with zero attached hydrogens (tertiary/aromatic N) is 2. The van der Waals surface area contributed by atoms with E-state index in [4.69, 9.17) is 4.52 Å². The molecule has 0 aliphatic rings.